The number of carbonyl (C=O) groups is 2. The summed E-state index contributed by atoms with van der Waals surface area (Å²) in [5.41, 5.74) is 0.942. The van der Waals surface area contributed by atoms with Crippen molar-refractivity contribution in [3.05, 3.63) is 42.0 Å². The predicted molar refractivity (Wildman–Crippen MR) is 98.2 cm³/mol. The molecule has 0 radical (unpaired) electrons. The van der Waals surface area contributed by atoms with Gasteiger partial charge in [-0.1, -0.05) is 49.6 Å². The van der Waals surface area contributed by atoms with E-state index in [9.17, 15) is 22.8 Å². The molecule has 1 heterocycles. The molecule has 1 fully saturated rings. The molecular formula is C19H21F3N4O3. The molecule has 1 saturated carbocycles. The Morgan fingerprint density at radius 2 is 1.86 bits per heavy atom. The molecule has 1 aromatic carbocycles. The summed E-state index contributed by atoms with van der Waals surface area (Å²) in [6.45, 7) is 0.357. The van der Waals surface area contributed by atoms with Crippen LogP contribution in [0.3, 0.4) is 0 Å². The van der Waals surface area contributed by atoms with Crippen molar-refractivity contribution in [1.29, 1.82) is 0 Å². The van der Waals surface area contributed by atoms with E-state index in [-0.39, 0.29) is 17.7 Å². The lowest BCUT2D eigenvalue weighted by Gasteiger charge is -2.33. The largest absolute Gasteiger partial charge is 0.471 e. The summed E-state index contributed by atoms with van der Waals surface area (Å²) in [6.07, 6.45) is -0.799. The minimum Gasteiger partial charge on any atom is -0.392 e. The van der Waals surface area contributed by atoms with Crippen molar-refractivity contribution in [2.75, 3.05) is 5.32 Å². The molecule has 29 heavy (non-hydrogen) atoms. The van der Waals surface area contributed by atoms with Crippen molar-refractivity contribution in [3.63, 3.8) is 0 Å². The van der Waals surface area contributed by atoms with Crippen LogP contribution >= 0.6 is 0 Å². The summed E-state index contributed by atoms with van der Waals surface area (Å²) in [7, 11) is 0. The number of nitrogens with zero attached hydrogens (tertiary/aromatic N) is 2. The number of carbonyl (C=O) groups excluding carboxylic acids is 2. The topological polar surface area (TPSA) is 87.3 Å². The first-order valence-corrected chi connectivity index (χ1v) is 9.29. The normalized spacial score (nSPS) is 15.0. The Bertz CT molecular complexity index is 833. The van der Waals surface area contributed by atoms with Crippen molar-refractivity contribution in [2.45, 2.75) is 50.9 Å². The van der Waals surface area contributed by atoms with Crippen LogP contribution < -0.4 is 10.1 Å². The third-order valence-corrected chi connectivity index (χ3v) is 4.70. The Hall–Kier alpha value is -3.04. The molecular weight excluding hydrogens is 389 g/mol. The second kappa shape index (κ2) is 8.97. The number of rotatable bonds is 5. The van der Waals surface area contributed by atoms with Gasteiger partial charge >= 0.3 is 18.2 Å². The molecule has 2 amide bonds. The zero-order valence-electron chi connectivity index (χ0n) is 15.5. The lowest BCUT2D eigenvalue weighted by molar-refractivity contribution is -0.167. The first kappa shape index (κ1) is 20.7. The highest BCUT2D eigenvalue weighted by Crippen LogP contribution is 2.26. The van der Waals surface area contributed by atoms with Crippen LogP contribution in [0.4, 0.5) is 23.8 Å². The predicted octanol–water partition coefficient (Wildman–Crippen LogP) is 4.24. The van der Waals surface area contributed by atoms with Gasteiger partial charge in [-0.15, -0.1) is 0 Å². The van der Waals surface area contributed by atoms with Crippen LogP contribution in [0, 0.1) is 0 Å². The lowest BCUT2D eigenvalue weighted by Crippen LogP contribution is -2.42. The minimum absolute atomic E-state index is 0.0174. The van der Waals surface area contributed by atoms with Gasteiger partial charge in [0.05, 0.1) is 0 Å². The van der Waals surface area contributed by atoms with E-state index in [1.165, 1.54) is 0 Å². The average Bonchev–Trinajstić information content (AvgIpc) is 3.13. The van der Waals surface area contributed by atoms with E-state index in [1.807, 2.05) is 30.3 Å². The van der Waals surface area contributed by atoms with E-state index in [2.05, 4.69) is 10.2 Å². The second-order valence-corrected chi connectivity index (χ2v) is 6.84. The summed E-state index contributed by atoms with van der Waals surface area (Å²) in [5.74, 6) is -2.70. The third kappa shape index (κ3) is 5.72. The number of H-pyrrole nitrogens is 1. The first-order valence-electron chi connectivity index (χ1n) is 9.29. The molecule has 1 aliphatic carbocycles. The van der Waals surface area contributed by atoms with Gasteiger partial charge in [-0.25, -0.2) is 9.89 Å². The number of hydrogen-bond donors (Lipinski definition) is 2. The van der Waals surface area contributed by atoms with Crippen LogP contribution in [0.2, 0.25) is 0 Å². The standard InChI is InChI=1S/C19H21F3N4O3/c20-19(21,22)17(27)23-15-11-16(25-24-15)29-18(28)26(14-9-5-2-6-10-14)12-13-7-3-1-4-8-13/h1,3-4,7-8,11,14H,2,5-6,9-10,12H2,(H2,23,24,25,27). The van der Waals surface area contributed by atoms with Gasteiger partial charge < -0.3 is 15.0 Å². The Morgan fingerprint density at radius 1 is 1.17 bits per heavy atom. The highest BCUT2D eigenvalue weighted by atomic mass is 19.4. The number of hydrogen-bond acceptors (Lipinski definition) is 4. The number of aromatic nitrogens is 2. The fourth-order valence-electron chi connectivity index (χ4n) is 3.28. The summed E-state index contributed by atoms with van der Waals surface area (Å²) in [6, 6.07) is 10.5. The molecule has 0 aliphatic heterocycles. The van der Waals surface area contributed by atoms with Crippen LogP contribution in [0.5, 0.6) is 5.88 Å². The van der Waals surface area contributed by atoms with Crippen LogP contribution in [0.25, 0.3) is 0 Å². The van der Waals surface area contributed by atoms with Crippen LogP contribution in [-0.4, -0.2) is 39.3 Å². The van der Waals surface area contributed by atoms with Crippen molar-refractivity contribution in [1.82, 2.24) is 15.1 Å². The quantitative estimate of drug-likeness (QED) is 0.772. The monoisotopic (exact) mass is 410 g/mol. The molecule has 2 N–H and O–H groups in total. The molecule has 0 unspecified atom stereocenters. The number of nitrogens with one attached hydrogen (secondary N) is 2. The average molecular weight is 410 g/mol. The summed E-state index contributed by atoms with van der Waals surface area (Å²) < 4.78 is 42.3. The van der Waals surface area contributed by atoms with Crippen LogP contribution in [-0.2, 0) is 11.3 Å². The summed E-state index contributed by atoms with van der Waals surface area (Å²) >= 11 is 0. The first-order chi connectivity index (χ1) is 13.8. The number of aromatic amines is 1. The Balaban J connectivity index is 1.68. The Morgan fingerprint density at radius 3 is 2.52 bits per heavy atom. The minimum atomic E-state index is -5.04. The van der Waals surface area contributed by atoms with E-state index < -0.39 is 18.2 Å². The highest BCUT2D eigenvalue weighted by molar-refractivity contribution is 5.94. The Labute approximate surface area is 165 Å². The van der Waals surface area contributed by atoms with E-state index in [0.29, 0.717) is 6.54 Å². The van der Waals surface area contributed by atoms with Crippen LogP contribution in [0.15, 0.2) is 36.4 Å². The summed E-state index contributed by atoms with van der Waals surface area (Å²) in [5, 5.41) is 7.44. The van der Waals surface area contributed by atoms with Gasteiger partial charge in [-0.05, 0) is 18.4 Å². The van der Waals surface area contributed by atoms with Gasteiger partial charge in [0.2, 0.25) is 5.88 Å². The van der Waals surface area contributed by atoms with Crippen molar-refractivity contribution < 1.29 is 27.5 Å². The molecule has 0 atom stereocenters. The Kier molecular flexibility index (Phi) is 6.40. The van der Waals surface area contributed by atoms with Gasteiger partial charge in [-0.2, -0.15) is 18.3 Å². The molecule has 1 aromatic heterocycles. The van der Waals surface area contributed by atoms with E-state index in [4.69, 9.17) is 4.74 Å². The van der Waals surface area contributed by atoms with E-state index in [1.54, 1.807) is 10.2 Å². The molecule has 0 spiro atoms. The number of halogens is 3. The maximum atomic E-state index is 12.8. The number of anilines is 1. The number of benzene rings is 1. The van der Waals surface area contributed by atoms with Crippen molar-refractivity contribution in [2.24, 2.45) is 0 Å². The fourth-order valence-corrected chi connectivity index (χ4v) is 3.28. The molecule has 1 aliphatic rings. The van der Waals surface area contributed by atoms with Crippen molar-refractivity contribution >= 4 is 17.8 Å². The molecule has 7 nitrogen and oxygen atoms in total. The number of amides is 2. The summed E-state index contributed by atoms with van der Waals surface area (Å²) in [4.78, 5) is 25.4. The van der Waals surface area contributed by atoms with Gasteiger partial charge in [-0.3, -0.25) is 4.79 Å². The molecule has 0 saturated heterocycles. The zero-order chi connectivity index (χ0) is 20.9. The van der Waals surface area contributed by atoms with Gasteiger partial charge in [0.1, 0.15) is 0 Å². The van der Waals surface area contributed by atoms with Crippen LogP contribution in [0.1, 0.15) is 37.7 Å². The van der Waals surface area contributed by atoms with Crippen molar-refractivity contribution in [3.8, 4) is 5.88 Å². The van der Waals surface area contributed by atoms with E-state index in [0.717, 1.165) is 43.7 Å². The second-order valence-electron chi connectivity index (χ2n) is 6.84. The SMILES string of the molecule is O=C(Oc1cc(NC(=O)C(F)(F)F)n[nH]1)N(Cc1ccccc1)C1CCCCC1. The third-order valence-electron chi connectivity index (χ3n) is 4.70. The lowest BCUT2D eigenvalue weighted by atomic mass is 9.94. The molecule has 0 bridgehead atoms. The maximum absolute atomic E-state index is 12.8. The smallest absolute Gasteiger partial charge is 0.392 e. The fraction of sp³-hybridized carbons (Fsp3) is 0.421. The molecule has 10 heteroatoms. The molecule has 156 valence electrons. The van der Waals surface area contributed by atoms with Gasteiger partial charge in [0.15, 0.2) is 5.82 Å². The highest BCUT2D eigenvalue weighted by Gasteiger charge is 2.39. The number of ether oxygens (including phenoxy) is 1. The molecule has 3 rings (SSSR count). The van der Waals surface area contributed by atoms with Gasteiger partial charge in [0, 0.05) is 18.7 Å². The zero-order valence-corrected chi connectivity index (χ0v) is 15.5. The van der Waals surface area contributed by atoms with E-state index >= 15 is 0 Å². The maximum Gasteiger partial charge on any atom is 0.471 e. The number of alkyl halides is 3. The van der Waals surface area contributed by atoms with Gasteiger partial charge in [0.25, 0.3) is 0 Å². The molecule has 2 aromatic rings.